The Morgan fingerprint density at radius 3 is 2.63 bits per heavy atom. The van der Waals surface area contributed by atoms with Crippen LogP contribution in [0.2, 0.25) is 5.15 Å². The van der Waals surface area contributed by atoms with Gasteiger partial charge in [0.25, 0.3) is 5.91 Å². The minimum Gasteiger partial charge on any atom is -0.395 e. The van der Waals surface area contributed by atoms with Gasteiger partial charge in [-0.1, -0.05) is 23.7 Å². The zero-order chi connectivity index (χ0) is 24.7. The fraction of sp³-hybridized carbons (Fsp3) is 0.0833. The third kappa shape index (κ3) is 4.00. The van der Waals surface area contributed by atoms with E-state index in [1.165, 1.54) is 0 Å². The fourth-order valence-electron chi connectivity index (χ4n) is 3.85. The van der Waals surface area contributed by atoms with E-state index in [0.717, 1.165) is 27.6 Å². The van der Waals surface area contributed by atoms with E-state index >= 15 is 0 Å². The second kappa shape index (κ2) is 8.65. The van der Waals surface area contributed by atoms with Crippen molar-refractivity contribution in [3.63, 3.8) is 0 Å². The fourth-order valence-corrected chi connectivity index (χ4v) is 4.00. The maximum atomic E-state index is 12.3. The number of pyridine rings is 2. The summed E-state index contributed by atoms with van der Waals surface area (Å²) in [7, 11) is 0. The molecule has 0 saturated heterocycles. The molecular weight excluding hydrogens is 466 g/mol. The van der Waals surface area contributed by atoms with Crippen LogP contribution in [0.5, 0.6) is 0 Å². The van der Waals surface area contributed by atoms with Crippen LogP contribution in [0.4, 0.5) is 17.3 Å². The number of primary amides is 1. The number of nitrogen functional groups attached to an aromatic ring is 1. The van der Waals surface area contributed by atoms with Crippen LogP contribution in [0.3, 0.4) is 0 Å². The number of fused-ring (bicyclic) bond motifs is 1. The van der Waals surface area contributed by atoms with Gasteiger partial charge in [0.1, 0.15) is 16.8 Å². The van der Waals surface area contributed by atoms with Gasteiger partial charge in [-0.05, 0) is 49.2 Å². The standard InChI is InChI=1S/C24H20ClN9O/c1-11-5-7-15-14(10-29-34-15)17(11)19-18(26)20(21(27)35)32-24(31-19)13-6-8-16(25)30-23(13)33-22-12(2)4-3-9-28-22/h3-10H,26H2,1-2H3,(H2,27,35)(H,29,34)(H,28,30,33). The van der Waals surface area contributed by atoms with Crippen molar-refractivity contribution in [3.05, 3.63) is 70.8 Å². The van der Waals surface area contributed by atoms with E-state index in [2.05, 4.69) is 30.5 Å². The summed E-state index contributed by atoms with van der Waals surface area (Å²) in [6.45, 7) is 3.84. The number of nitrogens with two attached hydrogens (primary N) is 2. The van der Waals surface area contributed by atoms with Crippen LogP contribution < -0.4 is 16.8 Å². The Bertz CT molecular complexity index is 1610. The molecule has 1 amide bonds. The van der Waals surface area contributed by atoms with Crippen molar-refractivity contribution < 1.29 is 4.79 Å². The SMILES string of the molecule is Cc1cccnc1Nc1nc(Cl)ccc1-c1nc(C(N)=O)c(N)c(-c2c(C)ccc3[nH]ncc23)n1. The number of nitrogens with one attached hydrogen (secondary N) is 2. The molecule has 11 heteroatoms. The first-order valence-corrected chi connectivity index (χ1v) is 11.0. The Balaban J connectivity index is 1.76. The lowest BCUT2D eigenvalue weighted by atomic mass is 9.99. The monoisotopic (exact) mass is 485 g/mol. The van der Waals surface area contributed by atoms with Crippen LogP contribution in [-0.2, 0) is 0 Å². The average molecular weight is 486 g/mol. The minimum absolute atomic E-state index is 0.0788. The number of halogens is 1. The zero-order valence-corrected chi connectivity index (χ0v) is 19.6. The van der Waals surface area contributed by atoms with E-state index < -0.39 is 5.91 Å². The number of benzene rings is 1. The van der Waals surface area contributed by atoms with E-state index in [1.54, 1.807) is 24.5 Å². The zero-order valence-electron chi connectivity index (χ0n) is 18.8. The molecule has 10 nitrogen and oxygen atoms in total. The van der Waals surface area contributed by atoms with Crippen molar-refractivity contribution in [1.82, 2.24) is 30.1 Å². The molecule has 0 radical (unpaired) electrons. The van der Waals surface area contributed by atoms with Gasteiger partial charge >= 0.3 is 0 Å². The molecule has 0 unspecified atom stereocenters. The van der Waals surface area contributed by atoms with Gasteiger partial charge in [-0.2, -0.15) is 5.10 Å². The summed E-state index contributed by atoms with van der Waals surface area (Å²) in [5, 5.41) is 11.3. The Morgan fingerprint density at radius 2 is 1.86 bits per heavy atom. The summed E-state index contributed by atoms with van der Waals surface area (Å²) < 4.78 is 0. The first-order chi connectivity index (χ1) is 16.8. The molecule has 1 aromatic carbocycles. The normalized spacial score (nSPS) is 11.1. The second-order valence-corrected chi connectivity index (χ2v) is 8.32. The molecule has 0 saturated carbocycles. The molecule has 0 aliphatic rings. The number of aromatic nitrogens is 6. The van der Waals surface area contributed by atoms with E-state index in [1.807, 2.05) is 38.1 Å². The first-order valence-electron chi connectivity index (χ1n) is 10.6. The molecule has 0 spiro atoms. The number of hydrogen-bond donors (Lipinski definition) is 4. The largest absolute Gasteiger partial charge is 0.395 e. The summed E-state index contributed by atoms with van der Waals surface area (Å²) in [5.74, 6) is 0.376. The third-order valence-electron chi connectivity index (χ3n) is 5.60. The van der Waals surface area contributed by atoms with Gasteiger partial charge in [-0.3, -0.25) is 9.89 Å². The summed E-state index contributed by atoms with van der Waals surface area (Å²) >= 11 is 6.20. The molecule has 0 fully saturated rings. The van der Waals surface area contributed by atoms with Gasteiger partial charge in [0.2, 0.25) is 0 Å². The van der Waals surface area contributed by atoms with E-state index in [9.17, 15) is 4.79 Å². The van der Waals surface area contributed by atoms with Gasteiger partial charge in [0.15, 0.2) is 11.5 Å². The number of rotatable bonds is 5. The van der Waals surface area contributed by atoms with E-state index in [0.29, 0.717) is 22.9 Å². The number of nitrogens with zero attached hydrogens (tertiary/aromatic N) is 5. The smallest absolute Gasteiger partial charge is 0.269 e. The maximum absolute atomic E-state index is 12.3. The number of amides is 1. The highest BCUT2D eigenvalue weighted by Crippen LogP contribution is 2.37. The Kier molecular flexibility index (Phi) is 5.50. The lowest BCUT2D eigenvalue weighted by Gasteiger charge is -2.16. The minimum atomic E-state index is -0.776. The summed E-state index contributed by atoms with van der Waals surface area (Å²) in [6.07, 6.45) is 3.35. The molecule has 4 aromatic heterocycles. The van der Waals surface area contributed by atoms with Crippen LogP contribution in [0.15, 0.2) is 48.8 Å². The summed E-state index contributed by atoms with van der Waals surface area (Å²) in [5.41, 5.74) is 16.2. The molecule has 174 valence electrons. The predicted octanol–water partition coefficient (Wildman–Crippen LogP) is 4.17. The number of aromatic amines is 1. The highest BCUT2D eigenvalue weighted by Gasteiger charge is 2.23. The highest BCUT2D eigenvalue weighted by molar-refractivity contribution is 6.29. The van der Waals surface area contributed by atoms with Crippen LogP contribution >= 0.6 is 11.6 Å². The molecule has 0 bridgehead atoms. The van der Waals surface area contributed by atoms with Gasteiger partial charge in [0.05, 0.1) is 28.7 Å². The van der Waals surface area contributed by atoms with Crippen molar-refractivity contribution >= 4 is 45.7 Å². The number of hydrogen-bond acceptors (Lipinski definition) is 8. The maximum Gasteiger partial charge on any atom is 0.269 e. The summed E-state index contributed by atoms with van der Waals surface area (Å²) in [4.78, 5) is 30.3. The number of carbonyl (C=O) groups excluding carboxylic acids is 1. The van der Waals surface area contributed by atoms with Crippen LogP contribution in [-0.4, -0.2) is 36.0 Å². The quantitative estimate of drug-likeness (QED) is 0.269. The molecule has 0 aliphatic heterocycles. The van der Waals surface area contributed by atoms with Crippen molar-refractivity contribution in [2.24, 2.45) is 5.73 Å². The van der Waals surface area contributed by atoms with Gasteiger partial charge in [0, 0.05) is 17.1 Å². The number of aryl methyl sites for hydroxylation is 2. The topological polar surface area (TPSA) is 161 Å². The van der Waals surface area contributed by atoms with Crippen molar-refractivity contribution in [2.45, 2.75) is 13.8 Å². The van der Waals surface area contributed by atoms with Crippen LogP contribution in [0, 0.1) is 13.8 Å². The highest BCUT2D eigenvalue weighted by atomic mass is 35.5. The van der Waals surface area contributed by atoms with Gasteiger partial charge < -0.3 is 16.8 Å². The van der Waals surface area contributed by atoms with Crippen LogP contribution in [0.1, 0.15) is 21.6 Å². The van der Waals surface area contributed by atoms with Crippen molar-refractivity contribution in [3.8, 4) is 22.6 Å². The second-order valence-electron chi connectivity index (χ2n) is 7.94. The van der Waals surface area contributed by atoms with Crippen molar-refractivity contribution in [2.75, 3.05) is 11.1 Å². The Hall–Kier alpha value is -4.57. The summed E-state index contributed by atoms with van der Waals surface area (Å²) in [6, 6.07) is 10.9. The average Bonchev–Trinajstić information content (AvgIpc) is 3.30. The molecule has 6 N–H and O–H groups in total. The first kappa shape index (κ1) is 22.2. The number of anilines is 3. The molecule has 0 atom stereocenters. The Morgan fingerprint density at radius 1 is 1.03 bits per heavy atom. The molecule has 0 aliphatic carbocycles. The van der Waals surface area contributed by atoms with Crippen molar-refractivity contribution in [1.29, 1.82) is 0 Å². The molecule has 5 aromatic rings. The molecule has 4 heterocycles. The molecular formula is C24H20ClN9O. The van der Waals surface area contributed by atoms with E-state index in [-0.39, 0.29) is 22.4 Å². The number of H-pyrrole nitrogens is 1. The number of carbonyl (C=O) groups is 1. The Labute approximate surface area is 204 Å². The molecule has 35 heavy (non-hydrogen) atoms. The van der Waals surface area contributed by atoms with Crippen LogP contribution in [0.25, 0.3) is 33.5 Å². The lowest BCUT2D eigenvalue weighted by molar-refractivity contribution is 0.0996. The van der Waals surface area contributed by atoms with Gasteiger partial charge in [-0.15, -0.1) is 0 Å². The molecule has 5 rings (SSSR count). The van der Waals surface area contributed by atoms with E-state index in [4.69, 9.17) is 28.1 Å². The lowest BCUT2D eigenvalue weighted by Crippen LogP contribution is -2.18. The predicted molar refractivity (Wildman–Crippen MR) is 135 cm³/mol. The van der Waals surface area contributed by atoms with Gasteiger partial charge in [-0.25, -0.2) is 19.9 Å². The third-order valence-corrected chi connectivity index (χ3v) is 5.81.